The number of ether oxygens (including phenoxy) is 1. The molecule has 0 radical (unpaired) electrons. The number of hydrogen-bond donors (Lipinski definition) is 2. The van der Waals surface area contributed by atoms with Crippen molar-refractivity contribution in [1.82, 2.24) is 10.6 Å². The molecule has 0 spiro atoms. The number of nitrogens with one attached hydrogen (secondary N) is 2. The average molecular weight is 241 g/mol. The zero-order chi connectivity index (χ0) is 12.7. The molecule has 1 unspecified atom stereocenters. The van der Waals surface area contributed by atoms with Crippen molar-refractivity contribution >= 4 is 5.96 Å². The van der Waals surface area contributed by atoms with Crippen molar-refractivity contribution < 1.29 is 4.74 Å². The Morgan fingerprint density at radius 1 is 1.41 bits per heavy atom. The van der Waals surface area contributed by atoms with Crippen LogP contribution >= 0.6 is 0 Å². The maximum atomic E-state index is 5.59. The van der Waals surface area contributed by atoms with E-state index in [4.69, 9.17) is 4.74 Å². The molecular formula is C13H27N3O. The van der Waals surface area contributed by atoms with Gasteiger partial charge < -0.3 is 15.4 Å². The molecule has 100 valence electrons. The van der Waals surface area contributed by atoms with Gasteiger partial charge in [-0.15, -0.1) is 0 Å². The molecule has 0 aromatic heterocycles. The van der Waals surface area contributed by atoms with Gasteiger partial charge in [-0.05, 0) is 47.0 Å². The van der Waals surface area contributed by atoms with Crippen LogP contribution in [0.4, 0.5) is 0 Å². The topological polar surface area (TPSA) is 45.7 Å². The largest absolute Gasteiger partial charge is 0.378 e. The molecule has 2 N–H and O–H groups in total. The van der Waals surface area contributed by atoms with Gasteiger partial charge in [-0.25, -0.2) is 0 Å². The molecule has 1 fully saturated rings. The van der Waals surface area contributed by atoms with Crippen LogP contribution in [0.25, 0.3) is 0 Å². The Morgan fingerprint density at radius 2 is 2.18 bits per heavy atom. The van der Waals surface area contributed by atoms with Crippen LogP contribution in [0.3, 0.4) is 0 Å². The summed E-state index contributed by atoms with van der Waals surface area (Å²) in [6.45, 7) is 11.1. The number of hydrogen-bond acceptors (Lipinski definition) is 2. The molecule has 0 saturated carbocycles. The summed E-state index contributed by atoms with van der Waals surface area (Å²) in [5.74, 6) is 0.901. The molecule has 0 amide bonds. The van der Waals surface area contributed by atoms with E-state index in [1.807, 2.05) is 0 Å². The summed E-state index contributed by atoms with van der Waals surface area (Å²) in [5, 5.41) is 6.64. The second-order valence-electron chi connectivity index (χ2n) is 5.56. The maximum Gasteiger partial charge on any atom is 0.191 e. The van der Waals surface area contributed by atoms with Crippen LogP contribution in [0.5, 0.6) is 0 Å². The fourth-order valence-electron chi connectivity index (χ4n) is 1.85. The summed E-state index contributed by atoms with van der Waals surface area (Å²) in [6.07, 6.45) is 3.85. The van der Waals surface area contributed by atoms with Gasteiger partial charge in [0.1, 0.15) is 0 Å². The lowest BCUT2D eigenvalue weighted by Gasteiger charge is -2.23. The van der Waals surface area contributed by atoms with Crippen molar-refractivity contribution in [2.75, 3.05) is 19.7 Å². The SMILES string of the molecule is CCNC(=NCCC1CCCO1)NC(C)(C)C. The lowest BCUT2D eigenvalue weighted by molar-refractivity contribution is 0.106. The Kier molecular flexibility index (Phi) is 5.75. The Balaban J connectivity index is 2.34. The minimum Gasteiger partial charge on any atom is -0.378 e. The van der Waals surface area contributed by atoms with Crippen LogP contribution in [0, 0.1) is 0 Å². The zero-order valence-corrected chi connectivity index (χ0v) is 11.7. The molecule has 1 aliphatic rings. The highest BCUT2D eigenvalue weighted by Crippen LogP contribution is 2.14. The molecule has 4 nitrogen and oxygen atoms in total. The van der Waals surface area contributed by atoms with Crippen LogP contribution in [-0.4, -0.2) is 37.3 Å². The highest BCUT2D eigenvalue weighted by atomic mass is 16.5. The van der Waals surface area contributed by atoms with Gasteiger partial charge in [0, 0.05) is 25.2 Å². The van der Waals surface area contributed by atoms with E-state index in [2.05, 4.69) is 43.3 Å². The molecular weight excluding hydrogens is 214 g/mol. The van der Waals surface area contributed by atoms with E-state index in [0.717, 1.165) is 32.1 Å². The summed E-state index contributed by atoms with van der Waals surface area (Å²) < 4.78 is 5.59. The normalized spacial score (nSPS) is 21.6. The van der Waals surface area contributed by atoms with Gasteiger partial charge in [0.05, 0.1) is 6.10 Å². The van der Waals surface area contributed by atoms with Crippen molar-refractivity contribution in [1.29, 1.82) is 0 Å². The fourth-order valence-corrected chi connectivity index (χ4v) is 1.85. The van der Waals surface area contributed by atoms with E-state index in [0.29, 0.717) is 6.10 Å². The van der Waals surface area contributed by atoms with Crippen molar-refractivity contribution in [2.24, 2.45) is 4.99 Å². The molecule has 1 saturated heterocycles. The predicted octanol–water partition coefficient (Wildman–Crippen LogP) is 1.91. The summed E-state index contributed by atoms with van der Waals surface area (Å²) in [6, 6.07) is 0. The van der Waals surface area contributed by atoms with Gasteiger partial charge in [-0.2, -0.15) is 0 Å². The number of nitrogens with zero attached hydrogens (tertiary/aromatic N) is 1. The first kappa shape index (κ1) is 14.3. The van der Waals surface area contributed by atoms with Gasteiger partial charge in [-0.1, -0.05) is 0 Å². The van der Waals surface area contributed by atoms with Gasteiger partial charge in [0.25, 0.3) is 0 Å². The van der Waals surface area contributed by atoms with Gasteiger partial charge in [0.2, 0.25) is 0 Å². The molecule has 0 aliphatic carbocycles. The van der Waals surface area contributed by atoms with Gasteiger partial charge >= 0.3 is 0 Å². The van der Waals surface area contributed by atoms with Crippen LogP contribution in [0.2, 0.25) is 0 Å². The maximum absolute atomic E-state index is 5.59. The third kappa shape index (κ3) is 6.51. The third-order valence-corrected chi connectivity index (χ3v) is 2.58. The van der Waals surface area contributed by atoms with Crippen molar-refractivity contribution in [3.05, 3.63) is 0 Å². The monoisotopic (exact) mass is 241 g/mol. The van der Waals surface area contributed by atoms with Crippen LogP contribution in [-0.2, 0) is 4.74 Å². The molecule has 1 heterocycles. The van der Waals surface area contributed by atoms with E-state index in [1.165, 1.54) is 12.8 Å². The Hall–Kier alpha value is -0.770. The first-order valence-electron chi connectivity index (χ1n) is 6.69. The van der Waals surface area contributed by atoms with Crippen LogP contribution in [0.1, 0.15) is 47.0 Å². The quantitative estimate of drug-likeness (QED) is 0.584. The van der Waals surface area contributed by atoms with Crippen molar-refractivity contribution in [3.8, 4) is 0 Å². The minimum absolute atomic E-state index is 0.0465. The minimum atomic E-state index is 0.0465. The zero-order valence-electron chi connectivity index (χ0n) is 11.7. The van der Waals surface area contributed by atoms with Crippen LogP contribution < -0.4 is 10.6 Å². The lowest BCUT2D eigenvalue weighted by Crippen LogP contribution is -2.47. The second kappa shape index (κ2) is 6.84. The van der Waals surface area contributed by atoms with E-state index < -0.39 is 0 Å². The number of aliphatic imine (C=N–C) groups is 1. The number of guanidine groups is 1. The Morgan fingerprint density at radius 3 is 2.71 bits per heavy atom. The van der Waals surface area contributed by atoms with Crippen molar-refractivity contribution in [2.45, 2.75) is 58.6 Å². The fraction of sp³-hybridized carbons (Fsp3) is 0.923. The second-order valence-corrected chi connectivity index (χ2v) is 5.56. The summed E-state index contributed by atoms with van der Waals surface area (Å²) >= 11 is 0. The van der Waals surface area contributed by atoms with Gasteiger partial charge in [0.15, 0.2) is 5.96 Å². The highest BCUT2D eigenvalue weighted by Gasteiger charge is 2.15. The van der Waals surface area contributed by atoms with E-state index in [9.17, 15) is 0 Å². The highest BCUT2D eigenvalue weighted by molar-refractivity contribution is 5.80. The summed E-state index contributed by atoms with van der Waals surface area (Å²) in [4.78, 5) is 4.58. The van der Waals surface area contributed by atoms with E-state index in [-0.39, 0.29) is 5.54 Å². The first-order valence-corrected chi connectivity index (χ1v) is 6.69. The van der Waals surface area contributed by atoms with Gasteiger partial charge in [-0.3, -0.25) is 4.99 Å². The van der Waals surface area contributed by atoms with Crippen LogP contribution in [0.15, 0.2) is 4.99 Å². The molecule has 1 atom stereocenters. The Labute approximate surface area is 105 Å². The molecule has 4 heteroatoms. The average Bonchev–Trinajstić information content (AvgIpc) is 2.68. The molecule has 17 heavy (non-hydrogen) atoms. The molecule has 0 aromatic rings. The van der Waals surface area contributed by atoms with Crippen molar-refractivity contribution in [3.63, 3.8) is 0 Å². The standard InChI is InChI=1S/C13H27N3O/c1-5-14-12(16-13(2,3)4)15-9-8-11-7-6-10-17-11/h11H,5-10H2,1-4H3,(H2,14,15,16). The lowest BCUT2D eigenvalue weighted by atomic mass is 10.1. The first-order chi connectivity index (χ1) is 8.01. The summed E-state index contributed by atoms with van der Waals surface area (Å²) in [7, 11) is 0. The molecule has 1 aliphatic heterocycles. The molecule has 0 bridgehead atoms. The van der Waals surface area contributed by atoms with E-state index in [1.54, 1.807) is 0 Å². The summed E-state index contributed by atoms with van der Waals surface area (Å²) in [5.41, 5.74) is 0.0465. The van der Waals surface area contributed by atoms with E-state index >= 15 is 0 Å². The molecule has 0 aromatic carbocycles. The number of rotatable bonds is 4. The predicted molar refractivity (Wildman–Crippen MR) is 72.5 cm³/mol. The molecule has 1 rings (SSSR count). The third-order valence-electron chi connectivity index (χ3n) is 2.58. The smallest absolute Gasteiger partial charge is 0.191 e. The Bertz CT molecular complexity index is 240.